The Morgan fingerprint density at radius 3 is 2.70 bits per heavy atom. The molecule has 2 saturated heterocycles. The fraction of sp³-hybridized carbons (Fsp3) is 0.800. The van der Waals surface area contributed by atoms with Gasteiger partial charge in [0.2, 0.25) is 0 Å². The molecule has 110 valence electrons. The maximum absolute atomic E-state index is 6.32. The zero-order valence-corrected chi connectivity index (χ0v) is 13.1. The molecule has 1 atom stereocenters. The van der Waals surface area contributed by atoms with E-state index in [0.717, 1.165) is 31.4 Å². The van der Waals surface area contributed by atoms with Gasteiger partial charge < -0.3 is 9.39 Å². The minimum absolute atomic E-state index is 0.0872. The lowest BCUT2D eigenvalue weighted by Crippen LogP contribution is -2.41. The molecule has 4 nitrogen and oxygen atoms in total. The van der Waals surface area contributed by atoms with E-state index in [-0.39, 0.29) is 24.2 Å². The maximum Gasteiger partial charge on any atom is 0.347 e. The van der Waals surface area contributed by atoms with Gasteiger partial charge in [0.25, 0.3) is 0 Å². The quantitative estimate of drug-likeness (QED) is 0.779. The number of nitrogens with zero attached hydrogens (tertiary/aromatic N) is 2. The van der Waals surface area contributed by atoms with Crippen LogP contribution in [-0.4, -0.2) is 28.9 Å². The van der Waals surface area contributed by atoms with Gasteiger partial charge in [-0.3, -0.25) is 0 Å². The van der Waals surface area contributed by atoms with E-state index in [1.807, 2.05) is 10.9 Å². The van der Waals surface area contributed by atoms with Crippen LogP contribution in [0.15, 0.2) is 12.3 Å². The molecule has 0 bridgehead atoms. The van der Waals surface area contributed by atoms with Gasteiger partial charge in [-0.15, -0.1) is 0 Å². The highest BCUT2D eigenvalue weighted by Crippen LogP contribution is 2.45. The molecule has 1 aromatic heterocycles. The Morgan fingerprint density at radius 1 is 1.30 bits per heavy atom. The predicted molar refractivity (Wildman–Crippen MR) is 80.2 cm³/mol. The van der Waals surface area contributed by atoms with Crippen LogP contribution in [-0.2, 0) is 9.39 Å². The van der Waals surface area contributed by atoms with Crippen molar-refractivity contribution in [3.05, 3.63) is 12.3 Å². The van der Waals surface area contributed by atoms with Crippen LogP contribution >= 0.6 is 0 Å². The lowest BCUT2D eigenvalue weighted by Gasteiger charge is -2.34. The number of hydrogen-bond acceptors (Lipinski definition) is 3. The average Bonchev–Trinajstić information content (AvgIpc) is 2.94. The largest absolute Gasteiger partial charge is 0.424 e. The van der Waals surface area contributed by atoms with E-state index in [4.69, 9.17) is 9.39 Å². The molecule has 0 spiro atoms. The first-order valence-electron chi connectivity index (χ1n) is 7.73. The summed E-state index contributed by atoms with van der Waals surface area (Å²) in [5.74, 6) is 0. The average molecular weight is 276 g/mol. The van der Waals surface area contributed by atoms with Crippen LogP contribution in [0.2, 0.25) is 6.32 Å². The highest BCUT2D eigenvalue weighted by atomic mass is 16.5. The summed E-state index contributed by atoms with van der Waals surface area (Å²) in [4.78, 5) is 0. The van der Waals surface area contributed by atoms with Crippen molar-refractivity contribution in [1.29, 1.82) is 0 Å². The Hall–Kier alpha value is -0.805. The molecule has 2 aliphatic heterocycles. The summed E-state index contributed by atoms with van der Waals surface area (Å²) in [5, 5.41) is 4.49. The molecular weight excluding hydrogens is 251 g/mol. The molecule has 0 aromatic carbocycles. The van der Waals surface area contributed by atoms with Crippen LogP contribution in [0.5, 0.6) is 0 Å². The fourth-order valence-corrected chi connectivity index (χ4v) is 3.17. The Bertz CT molecular complexity index is 462. The van der Waals surface area contributed by atoms with Crippen molar-refractivity contribution in [3.63, 3.8) is 0 Å². The van der Waals surface area contributed by atoms with Gasteiger partial charge in [-0.25, -0.2) is 4.68 Å². The van der Waals surface area contributed by atoms with Crippen LogP contribution in [0.3, 0.4) is 0 Å². The van der Waals surface area contributed by atoms with Gasteiger partial charge in [0.1, 0.15) is 6.23 Å². The van der Waals surface area contributed by atoms with E-state index in [1.54, 1.807) is 0 Å². The molecule has 5 heteroatoms. The molecule has 0 amide bonds. The predicted octanol–water partition coefficient (Wildman–Crippen LogP) is 2.62. The summed E-state index contributed by atoms with van der Waals surface area (Å²) in [5.41, 5.74) is 1.22. The Morgan fingerprint density at radius 2 is 2.10 bits per heavy atom. The van der Waals surface area contributed by atoms with E-state index < -0.39 is 0 Å². The second kappa shape index (κ2) is 4.88. The number of rotatable bonds is 2. The topological polar surface area (TPSA) is 36.3 Å². The molecule has 1 unspecified atom stereocenters. The summed E-state index contributed by atoms with van der Waals surface area (Å²) in [6.45, 7) is 9.89. The second-order valence-corrected chi connectivity index (χ2v) is 7.23. The van der Waals surface area contributed by atoms with E-state index in [1.165, 1.54) is 6.42 Å². The van der Waals surface area contributed by atoms with Gasteiger partial charge in [-0.05, 0) is 50.9 Å². The third-order valence-electron chi connectivity index (χ3n) is 5.22. The van der Waals surface area contributed by atoms with Crippen molar-refractivity contribution in [3.8, 4) is 0 Å². The number of hydrogen-bond donors (Lipinski definition) is 0. The van der Waals surface area contributed by atoms with Crippen molar-refractivity contribution in [2.24, 2.45) is 5.41 Å². The molecule has 0 aliphatic carbocycles. The first-order chi connectivity index (χ1) is 9.41. The minimum Gasteiger partial charge on any atom is -0.424 e. The van der Waals surface area contributed by atoms with E-state index in [9.17, 15) is 0 Å². The third-order valence-corrected chi connectivity index (χ3v) is 5.22. The van der Waals surface area contributed by atoms with Crippen molar-refractivity contribution >= 4 is 12.5 Å². The Labute approximate surface area is 121 Å². The molecule has 3 heterocycles. The third kappa shape index (κ3) is 2.31. The van der Waals surface area contributed by atoms with Crippen molar-refractivity contribution in [2.75, 3.05) is 6.61 Å². The molecule has 1 aromatic rings. The summed E-state index contributed by atoms with van der Waals surface area (Å²) in [6.07, 6.45) is 6.41. The molecule has 0 saturated carbocycles. The lowest BCUT2D eigenvalue weighted by atomic mass is 9.56. The lowest BCUT2D eigenvalue weighted by molar-refractivity contribution is -0.0379. The summed E-state index contributed by atoms with van der Waals surface area (Å²) in [7, 11) is 0. The maximum atomic E-state index is 6.32. The summed E-state index contributed by atoms with van der Waals surface area (Å²) < 4.78 is 14.2. The van der Waals surface area contributed by atoms with Crippen LogP contribution in [0.4, 0.5) is 0 Å². The standard InChI is InChI=1S/C15H25BN2O2/c1-14(2)11-16(20-15(14,3)4)12-8-9-17-18(12)13-7-5-6-10-19-13/h8-9,13H,5-7,10-11H2,1-4H3. The SMILES string of the molecule is CC1(C)CB(c2ccnn2C2CCCCO2)OC1(C)C. The zero-order valence-electron chi connectivity index (χ0n) is 13.1. The first-order valence-corrected chi connectivity index (χ1v) is 7.73. The second-order valence-electron chi connectivity index (χ2n) is 7.23. The van der Waals surface area contributed by atoms with Gasteiger partial charge in [-0.1, -0.05) is 13.8 Å². The van der Waals surface area contributed by atoms with Crippen LogP contribution < -0.4 is 5.59 Å². The Balaban J connectivity index is 1.84. The molecule has 3 rings (SSSR count). The van der Waals surface area contributed by atoms with Gasteiger partial charge >= 0.3 is 6.92 Å². The Kier molecular flexibility index (Phi) is 3.45. The smallest absolute Gasteiger partial charge is 0.347 e. The van der Waals surface area contributed by atoms with E-state index in [0.29, 0.717) is 0 Å². The minimum atomic E-state index is -0.111. The zero-order chi connectivity index (χ0) is 14.4. The molecule has 0 N–H and O–H groups in total. The van der Waals surface area contributed by atoms with Crippen LogP contribution in [0.1, 0.15) is 53.2 Å². The number of ether oxygens (including phenoxy) is 1. The normalized spacial score (nSPS) is 28.8. The van der Waals surface area contributed by atoms with Gasteiger partial charge in [0.15, 0.2) is 0 Å². The molecule has 2 fully saturated rings. The fourth-order valence-electron chi connectivity index (χ4n) is 3.17. The van der Waals surface area contributed by atoms with E-state index >= 15 is 0 Å². The molecule has 0 radical (unpaired) electrons. The highest BCUT2D eigenvalue weighted by molar-refractivity contribution is 6.67. The van der Waals surface area contributed by atoms with Gasteiger partial charge in [0.05, 0.1) is 5.60 Å². The number of aromatic nitrogens is 2. The summed E-state index contributed by atoms with van der Waals surface area (Å²) >= 11 is 0. The molecule has 2 aliphatic rings. The summed E-state index contributed by atoms with van der Waals surface area (Å²) in [6, 6.07) is 2.08. The molecule has 20 heavy (non-hydrogen) atoms. The molecular formula is C15H25BN2O2. The van der Waals surface area contributed by atoms with E-state index in [2.05, 4.69) is 38.9 Å². The van der Waals surface area contributed by atoms with Crippen molar-refractivity contribution in [2.45, 2.75) is 65.1 Å². The van der Waals surface area contributed by atoms with Crippen LogP contribution in [0.25, 0.3) is 0 Å². The first kappa shape index (κ1) is 14.1. The van der Waals surface area contributed by atoms with Crippen molar-refractivity contribution in [1.82, 2.24) is 9.78 Å². The van der Waals surface area contributed by atoms with Gasteiger partial charge in [0, 0.05) is 18.4 Å². The van der Waals surface area contributed by atoms with Crippen molar-refractivity contribution < 1.29 is 9.39 Å². The highest BCUT2D eigenvalue weighted by Gasteiger charge is 2.51. The van der Waals surface area contributed by atoms with Gasteiger partial charge in [-0.2, -0.15) is 5.10 Å². The van der Waals surface area contributed by atoms with Crippen LogP contribution in [0, 0.1) is 5.41 Å². The monoisotopic (exact) mass is 276 g/mol.